The van der Waals surface area contributed by atoms with Crippen LogP contribution in [-0.4, -0.2) is 41.8 Å². The molecule has 4 aliphatic rings. The van der Waals surface area contributed by atoms with Gasteiger partial charge < -0.3 is 0 Å². The van der Waals surface area contributed by atoms with Crippen LogP contribution in [0.15, 0.2) is 28.7 Å². The molecule has 118 valence electrons. The summed E-state index contributed by atoms with van der Waals surface area (Å²) in [5.74, 6) is 0.531. The number of carbonyl (C=O) groups is 1. The third kappa shape index (κ3) is 1.97. The molecular formula is C18H23BrN2O. The van der Waals surface area contributed by atoms with E-state index in [0.717, 1.165) is 43.5 Å². The van der Waals surface area contributed by atoms with Gasteiger partial charge in [-0.1, -0.05) is 48.3 Å². The smallest absolute Gasteiger partial charge is 0.150 e. The van der Waals surface area contributed by atoms with Crippen molar-refractivity contribution in [2.24, 2.45) is 10.8 Å². The Morgan fingerprint density at radius 1 is 1.14 bits per heavy atom. The fourth-order valence-corrected chi connectivity index (χ4v) is 5.46. The largest absolute Gasteiger partial charge is 0.298 e. The lowest BCUT2D eigenvalue weighted by Gasteiger charge is -2.65. The topological polar surface area (TPSA) is 23.6 Å². The number of carbonyl (C=O) groups excluding carboxylic acids is 1. The summed E-state index contributed by atoms with van der Waals surface area (Å²) in [5.41, 5.74) is 1.06. The van der Waals surface area contributed by atoms with Gasteiger partial charge in [0, 0.05) is 30.7 Å². The average Bonchev–Trinajstić information content (AvgIpc) is 2.45. The molecule has 1 aromatic rings. The van der Waals surface area contributed by atoms with Gasteiger partial charge in [0.2, 0.25) is 0 Å². The molecule has 22 heavy (non-hydrogen) atoms. The summed E-state index contributed by atoms with van der Waals surface area (Å²) in [6, 6.07) is 8.68. The maximum Gasteiger partial charge on any atom is 0.150 e. The van der Waals surface area contributed by atoms with E-state index >= 15 is 0 Å². The van der Waals surface area contributed by atoms with Gasteiger partial charge >= 0.3 is 0 Å². The molecule has 0 saturated carbocycles. The predicted molar refractivity (Wildman–Crippen MR) is 90.5 cm³/mol. The third-order valence-corrected chi connectivity index (χ3v) is 6.26. The van der Waals surface area contributed by atoms with E-state index < -0.39 is 0 Å². The summed E-state index contributed by atoms with van der Waals surface area (Å²) in [5, 5.41) is 0. The molecular weight excluding hydrogens is 340 g/mol. The number of piperidine rings is 2. The first-order valence-electron chi connectivity index (χ1n) is 8.26. The number of hydrogen-bond acceptors (Lipinski definition) is 3. The molecule has 4 heterocycles. The Morgan fingerprint density at radius 3 is 2.27 bits per heavy atom. The van der Waals surface area contributed by atoms with E-state index in [1.165, 1.54) is 5.56 Å². The van der Waals surface area contributed by atoms with Gasteiger partial charge in [-0.05, 0) is 24.1 Å². The minimum absolute atomic E-state index is 0.119. The van der Waals surface area contributed by atoms with Gasteiger partial charge in [0.1, 0.15) is 5.78 Å². The second kappa shape index (κ2) is 4.89. The Bertz CT molecular complexity index is 596. The van der Waals surface area contributed by atoms with Crippen molar-refractivity contribution in [3.63, 3.8) is 0 Å². The van der Waals surface area contributed by atoms with E-state index in [-0.39, 0.29) is 10.8 Å². The second-order valence-electron chi connectivity index (χ2n) is 7.66. The minimum atomic E-state index is -0.169. The molecule has 4 bridgehead atoms. The molecule has 0 spiro atoms. The normalized spacial score (nSPS) is 42.9. The SMILES string of the molecule is CCCC12CN3CC(C)(CN(C1)C3c1ccc(Br)cc1)C2=O. The molecule has 0 aromatic heterocycles. The van der Waals surface area contributed by atoms with Gasteiger partial charge in [0.05, 0.1) is 17.0 Å². The van der Waals surface area contributed by atoms with Gasteiger partial charge in [-0.25, -0.2) is 0 Å². The first-order valence-corrected chi connectivity index (χ1v) is 9.05. The Morgan fingerprint density at radius 2 is 1.73 bits per heavy atom. The monoisotopic (exact) mass is 362 g/mol. The van der Waals surface area contributed by atoms with Crippen molar-refractivity contribution in [1.82, 2.24) is 9.80 Å². The zero-order valence-corrected chi connectivity index (χ0v) is 14.9. The van der Waals surface area contributed by atoms with Crippen LogP contribution < -0.4 is 0 Å². The van der Waals surface area contributed by atoms with Crippen LogP contribution in [0.4, 0.5) is 0 Å². The van der Waals surface area contributed by atoms with Crippen LogP contribution >= 0.6 is 15.9 Å². The number of benzene rings is 1. The molecule has 2 unspecified atom stereocenters. The minimum Gasteiger partial charge on any atom is -0.298 e. The van der Waals surface area contributed by atoms with Crippen LogP contribution in [-0.2, 0) is 4.79 Å². The molecule has 0 aliphatic carbocycles. The molecule has 4 aliphatic heterocycles. The van der Waals surface area contributed by atoms with Crippen molar-refractivity contribution < 1.29 is 4.79 Å². The van der Waals surface area contributed by atoms with Crippen LogP contribution in [0.2, 0.25) is 0 Å². The molecule has 3 nitrogen and oxygen atoms in total. The zero-order chi connectivity index (χ0) is 15.5. The summed E-state index contributed by atoms with van der Waals surface area (Å²) in [4.78, 5) is 18.1. The highest BCUT2D eigenvalue weighted by atomic mass is 79.9. The quantitative estimate of drug-likeness (QED) is 0.822. The number of halogens is 1. The standard InChI is InChI=1S/C18H23BrN2O/c1-3-8-18-11-20-9-17(2,16(18)22)10-21(12-18)15(20)13-4-6-14(19)7-5-13/h4-7,15H,3,8-12H2,1-2H3. The van der Waals surface area contributed by atoms with Crippen LogP contribution in [0.3, 0.4) is 0 Å². The highest BCUT2D eigenvalue weighted by Gasteiger charge is 2.63. The Hall–Kier alpha value is -0.710. The molecule has 0 radical (unpaired) electrons. The Labute approximate surface area is 140 Å². The lowest BCUT2D eigenvalue weighted by Crippen LogP contribution is -2.76. The van der Waals surface area contributed by atoms with E-state index in [1.54, 1.807) is 0 Å². The van der Waals surface area contributed by atoms with E-state index in [9.17, 15) is 4.79 Å². The molecule has 0 amide bonds. The van der Waals surface area contributed by atoms with Gasteiger partial charge in [-0.2, -0.15) is 0 Å². The molecule has 0 N–H and O–H groups in total. The van der Waals surface area contributed by atoms with Crippen molar-refractivity contribution in [3.8, 4) is 0 Å². The van der Waals surface area contributed by atoms with Crippen molar-refractivity contribution in [2.45, 2.75) is 32.9 Å². The number of Topliss-reactive ketones (excluding diaryl/α,β-unsaturated/α-hetero) is 1. The van der Waals surface area contributed by atoms with E-state index in [4.69, 9.17) is 0 Å². The van der Waals surface area contributed by atoms with Crippen molar-refractivity contribution in [3.05, 3.63) is 34.3 Å². The van der Waals surface area contributed by atoms with E-state index in [1.807, 2.05) is 0 Å². The van der Waals surface area contributed by atoms with Crippen LogP contribution in [0.1, 0.15) is 38.4 Å². The molecule has 4 heteroatoms. The summed E-state index contributed by atoms with van der Waals surface area (Å²) < 4.78 is 1.12. The van der Waals surface area contributed by atoms with Crippen LogP contribution in [0, 0.1) is 10.8 Å². The Kier molecular flexibility index (Phi) is 3.30. The zero-order valence-electron chi connectivity index (χ0n) is 13.3. The summed E-state index contributed by atoms with van der Waals surface area (Å²) in [7, 11) is 0. The number of hydrogen-bond donors (Lipinski definition) is 0. The molecule has 1 aromatic carbocycles. The average molecular weight is 363 g/mol. The van der Waals surface area contributed by atoms with Crippen molar-refractivity contribution in [1.29, 1.82) is 0 Å². The van der Waals surface area contributed by atoms with Gasteiger partial charge in [-0.15, -0.1) is 0 Å². The summed E-state index contributed by atoms with van der Waals surface area (Å²) >= 11 is 3.52. The fourth-order valence-electron chi connectivity index (χ4n) is 5.20. The van der Waals surface area contributed by atoms with Crippen LogP contribution in [0.5, 0.6) is 0 Å². The van der Waals surface area contributed by atoms with Gasteiger partial charge in [-0.3, -0.25) is 14.6 Å². The van der Waals surface area contributed by atoms with Gasteiger partial charge in [0.15, 0.2) is 0 Å². The highest BCUT2D eigenvalue weighted by molar-refractivity contribution is 9.10. The van der Waals surface area contributed by atoms with E-state index in [0.29, 0.717) is 11.9 Å². The highest BCUT2D eigenvalue weighted by Crippen LogP contribution is 2.53. The maximum absolute atomic E-state index is 13.0. The predicted octanol–water partition coefficient (Wildman–Crippen LogP) is 3.45. The van der Waals surface area contributed by atoms with Crippen molar-refractivity contribution >= 4 is 21.7 Å². The van der Waals surface area contributed by atoms with Gasteiger partial charge in [0.25, 0.3) is 0 Å². The Balaban J connectivity index is 1.71. The molecule has 2 atom stereocenters. The second-order valence-corrected chi connectivity index (χ2v) is 8.57. The number of ketones is 1. The first-order chi connectivity index (χ1) is 10.5. The maximum atomic E-state index is 13.0. The van der Waals surface area contributed by atoms with E-state index in [2.05, 4.69) is 63.8 Å². The molecule has 4 fully saturated rings. The third-order valence-electron chi connectivity index (χ3n) is 5.73. The molecule has 4 saturated heterocycles. The summed E-state index contributed by atoms with van der Waals surface area (Å²) in [6.07, 6.45) is 2.47. The fraction of sp³-hybridized carbons (Fsp3) is 0.611. The van der Waals surface area contributed by atoms with Crippen molar-refractivity contribution in [2.75, 3.05) is 26.2 Å². The first kappa shape index (κ1) is 14.9. The lowest BCUT2D eigenvalue weighted by molar-refractivity contribution is -0.201. The van der Waals surface area contributed by atoms with Crippen LogP contribution in [0.25, 0.3) is 0 Å². The molecule has 5 rings (SSSR count). The number of rotatable bonds is 3. The number of nitrogens with zero attached hydrogens (tertiary/aromatic N) is 2. The lowest BCUT2D eigenvalue weighted by atomic mass is 9.59. The summed E-state index contributed by atoms with van der Waals surface area (Å²) in [6.45, 7) is 8.07.